The Balaban J connectivity index is 1.15. The molecule has 0 aliphatic carbocycles. The molecule has 472 valence electrons. The zero-order chi connectivity index (χ0) is 67.0. The molecule has 0 N–H and O–H groups in total. The van der Waals surface area contributed by atoms with Gasteiger partial charge in [0.1, 0.15) is 5.82 Å². The van der Waals surface area contributed by atoms with Gasteiger partial charge in [0, 0.05) is 27.1 Å². The molecule has 0 spiro atoms. The van der Waals surface area contributed by atoms with E-state index >= 15 is 0 Å². The monoisotopic (exact) mass is 1300 g/mol. The van der Waals surface area contributed by atoms with Crippen molar-refractivity contribution in [3.63, 3.8) is 0 Å². The highest BCUT2D eigenvalue weighted by molar-refractivity contribution is 6.14. The van der Waals surface area contributed by atoms with Crippen LogP contribution in [0.15, 0.2) is 182 Å². The first kappa shape index (κ1) is 62.9. The van der Waals surface area contributed by atoms with Gasteiger partial charge in [-0.25, -0.2) is 4.98 Å². The average Bonchev–Trinajstić information content (AvgIpc) is 1.59. The van der Waals surface area contributed by atoms with Crippen molar-refractivity contribution in [2.75, 3.05) is 0 Å². The Bertz CT molecular complexity index is 4950. The molecule has 0 aliphatic rings. The minimum absolute atomic E-state index is 0.0135. The molecule has 0 fully saturated rings. The van der Waals surface area contributed by atoms with E-state index in [4.69, 9.17) is 4.98 Å². The second-order valence-electron chi connectivity index (χ2n) is 21.7. The van der Waals surface area contributed by atoms with E-state index in [1.807, 2.05) is 6.07 Å². The van der Waals surface area contributed by atoms with Gasteiger partial charge in [-0.1, -0.05) is 72.3 Å². The van der Waals surface area contributed by atoms with E-state index in [-0.39, 0.29) is 123 Å². The maximum Gasteiger partial charge on any atom is 0.417 e. The van der Waals surface area contributed by atoms with Crippen LogP contribution in [0.4, 0.5) is 92.2 Å². The summed E-state index contributed by atoms with van der Waals surface area (Å²) in [6, 6.07) is 30.2. The van der Waals surface area contributed by atoms with Gasteiger partial charge in [0.25, 0.3) is 0 Å². The summed E-state index contributed by atoms with van der Waals surface area (Å²) in [6.45, 7) is 1.43. The Labute approximate surface area is 509 Å². The molecular formula is C68H33F21N4. The lowest BCUT2D eigenvalue weighted by Crippen LogP contribution is -2.12. The predicted molar refractivity (Wildman–Crippen MR) is 305 cm³/mol. The first-order valence-corrected chi connectivity index (χ1v) is 27.1. The summed E-state index contributed by atoms with van der Waals surface area (Å²) in [5.74, 6) is -0.112. The van der Waals surface area contributed by atoms with Crippen molar-refractivity contribution in [1.29, 1.82) is 5.26 Å². The topological polar surface area (TPSA) is 46.5 Å². The molecular weight excluding hydrogens is 1270 g/mol. The number of hydrogen-bond acceptors (Lipinski definition) is 2. The van der Waals surface area contributed by atoms with Crippen molar-refractivity contribution in [1.82, 2.24) is 14.1 Å². The first-order chi connectivity index (χ1) is 43.4. The number of halogens is 21. The van der Waals surface area contributed by atoms with Crippen LogP contribution in [0, 0.1) is 18.3 Å². The minimum atomic E-state index is -5.41. The van der Waals surface area contributed by atoms with Crippen LogP contribution in [0.2, 0.25) is 0 Å². The molecule has 25 heteroatoms. The van der Waals surface area contributed by atoms with Crippen molar-refractivity contribution in [2.45, 2.75) is 50.2 Å². The number of aryl methyl sites for hydroxylation is 1. The Morgan fingerprint density at radius 1 is 0.323 bits per heavy atom. The molecule has 0 saturated carbocycles. The second kappa shape index (κ2) is 21.7. The molecule has 3 heterocycles. The van der Waals surface area contributed by atoms with E-state index in [1.54, 1.807) is 0 Å². The smallest absolute Gasteiger partial charge is 0.307 e. The fraction of sp³-hybridized carbons (Fsp3) is 0.118. The standard InChI is InChI=1S/C68H33F21N4/c1-33-5-13-43(52(21-33)65(78,79)80)36-6-17-56-48(23-36)49-24-37(44-14-10-40(62(69,70)71)27-53(44)66(81,82)83)7-18-57(49)92(56)60-32-91-61(30-47(60)35-4-2-3-34(22-35)31-90)93-58-19-8-38(45-15-11-41(63(72,73)74)28-54(45)67(84,85)86)25-50(58)51-26-39(9-20-59(51)93)46-16-12-42(64(75,76)77)29-55(46)68(87,88)89/h2-30,32H,1H3. The van der Waals surface area contributed by atoms with Crippen molar-refractivity contribution in [3.05, 3.63) is 232 Å². The summed E-state index contributed by atoms with van der Waals surface area (Å²) in [4.78, 5) is 4.81. The summed E-state index contributed by atoms with van der Waals surface area (Å²) in [5.41, 5.74) is -13.8. The maximum atomic E-state index is 14.8. The molecule has 0 radical (unpaired) electrons. The third-order valence-electron chi connectivity index (χ3n) is 15.9. The average molecular weight is 1300 g/mol. The van der Waals surface area contributed by atoms with E-state index in [9.17, 15) is 97.5 Å². The zero-order valence-corrected chi connectivity index (χ0v) is 46.5. The molecule has 12 rings (SSSR count). The third kappa shape index (κ3) is 11.5. The summed E-state index contributed by atoms with van der Waals surface area (Å²) in [7, 11) is 0. The SMILES string of the molecule is Cc1ccc(-c2ccc3c(c2)c2cc(-c4ccc(C(F)(F)F)cc4C(F)(F)F)ccc2n3-c2cnc(-n3c4ccc(-c5ccc(C(F)(F)F)cc5C(F)(F)F)cc4c4cc(-c5ccc(C(F)(F)F)cc5C(F)(F)F)ccc43)cc2-c2cccc(C#N)c2)c(C(F)(F)F)c1. The Morgan fingerprint density at radius 3 is 1.00 bits per heavy atom. The van der Waals surface area contributed by atoms with E-state index < -0.39 is 98.9 Å². The number of pyridine rings is 1. The molecule has 4 nitrogen and oxygen atoms in total. The van der Waals surface area contributed by atoms with Gasteiger partial charge < -0.3 is 4.57 Å². The zero-order valence-electron chi connectivity index (χ0n) is 46.5. The van der Waals surface area contributed by atoms with Gasteiger partial charge in [0.2, 0.25) is 0 Å². The lowest BCUT2D eigenvalue weighted by molar-refractivity contribution is -0.144. The van der Waals surface area contributed by atoms with Gasteiger partial charge in [0.15, 0.2) is 0 Å². The van der Waals surface area contributed by atoms with Crippen LogP contribution in [-0.4, -0.2) is 14.1 Å². The number of hydrogen-bond donors (Lipinski definition) is 0. The van der Waals surface area contributed by atoms with Crippen molar-refractivity contribution >= 4 is 43.6 Å². The van der Waals surface area contributed by atoms with E-state index in [0.29, 0.717) is 36.4 Å². The molecule has 0 unspecified atom stereocenters. The summed E-state index contributed by atoms with van der Waals surface area (Å²) < 4.78 is 305. The number of nitriles is 1. The molecule has 0 amide bonds. The summed E-state index contributed by atoms with van der Waals surface area (Å²) in [5, 5.41) is 10.1. The highest BCUT2D eigenvalue weighted by atomic mass is 19.4. The van der Waals surface area contributed by atoms with Gasteiger partial charge >= 0.3 is 43.2 Å². The lowest BCUT2D eigenvalue weighted by atomic mass is 9.94. The Hall–Kier alpha value is -10.3. The van der Waals surface area contributed by atoms with Gasteiger partial charge in [-0.2, -0.15) is 97.5 Å². The fourth-order valence-corrected chi connectivity index (χ4v) is 11.7. The molecule has 9 aromatic carbocycles. The summed E-state index contributed by atoms with van der Waals surface area (Å²) in [6.07, 6.45) is -35.5. The van der Waals surface area contributed by atoms with Gasteiger partial charge in [-0.05, 0) is 166 Å². The van der Waals surface area contributed by atoms with Crippen LogP contribution in [-0.2, 0) is 43.2 Å². The van der Waals surface area contributed by atoms with Gasteiger partial charge in [0.05, 0.1) is 84.5 Å². The van der Waals surface area contributed by atoms with E-state index in [0.717, 1.165) is 30.3 Å². The lowest BCUT2D eigenvalue weighted by Gasteiger charge is -2.18. The van der Waals surface area contributed by atoms with E-state index in [1.165, 1.54) is 113 Å². The number of alkyl halides is 21. The Morgan fingerprint density at radius 2 is 0.656 bits per heavy atom. The minimum Gasteiger partial charge on any atom is -0.307 e. The van der Waals surface area contributed by atoms with Crippen molar-refractivity contribution in [2.24, 2.45) is 0 Å². The normalized spacial score (nSPS) is 13.0. The second-order valence-corrected chi connectivity index (χ2v) is 21.7. The number of benzene rings is 9. The van der Waals surface area contributed by atoms with Crippen LogP contribution in [0.3, 0.4) is 0 Å². The predicted octanol–water partition coefficient (Wildman–Crippen LogP) is 22.9. The number of aromatic nitrogens is 3. The molecule has 12 aromatic rings. The largest absolute Gasteiger partial charge is 0.417 e. The van der Waals surface area contributed by atoms with Crippen LogP contribution >= 0.6 is 0 Å². The Kier molecular flexibility index (Phi) is 14.7. The summed E-state index contributed by atoms with van der Waals surface area (Å²) >= 11 is 0. The van der Waals surface area contributed by atoms with E-state index in [2.05, 4.69) is 0 Å². The van der Waals surface area contributed by atoms with Crippen LogP contribution in [0.5, 0.6) is 0 Å². The van der Waals surface area contributed by atoms with Crippen LogP contribution in [0.25, 0.3) is 111 Å². The van der Waals surface area contributed by atoms with Crippen LogP contribution < -0.4 is 0 Å². The molecule has 0 saturated heterocycles. The third-order valence-corrected chi connectivity index (χ3v) is 15.9. The first-order valence-electron chi connectivity index (χ1n) is 27.1. The highest BCUT2D eigenvalue weighted by Crippen LogP contribution is 2.49. The van der Waals surface area contributed by atoms with Gasteiger partial charge in [-0.3, -0.25) is 4.57 Å². The van der Waals surface area contributed by atoms with Crippen molar-refractivity contribution < 1.29 is 92.2 Å². The number of nitrogens with zero attached hydrogens (tertiary/aromatic N) is 4. The van der Waals surface area contributed by atoms with Gasteiger partial charge in [-0.15, -0.1) is 0 Å². The van der Waals surface area contributed by atoms with Crippen LogP contribution in [0.1, 0.15) is 50.1 Å². The number of rotatable bonds is 7. The molecule has 0 aliphatic heterocycles. The van der Waals surface area contributed by atoms with Crippen molar-refractivity contribution in [3.8, 4) is 73.2 Å². The quantitative estimate of drug-likeness (QED) is 0.149. The molecule has 0 atom stereocenters. The maximum absolute atomic E-state index is 14.8. The highest BCUT2D eigenvalue weighted by Gasteiger charge is 2.42. The molecule has 0 bridgehead atoms. The fourth-order valence-electron chi connectivity index (χ4n) is 11.7. The molecule has 3 aromatic heterocycles. The number of fused-ring (bicyclic) bond motifs is 6. The molecule has 93 heavy (non-hydrogen) atoms.